The van der Waals surface area contributed by atoms with E-state index < -0.39 is 17.8 Å². The van der Waals surface area contributed by atoms with Crippen LogP contribution in [-0.2, 0) is 16.1 Å². The molecule has 0 aliphatic carbocycles. The van der Waals surface area contributed by atoms with Crippen molar-refractivity contribution in [2.45, 2.75) is 31.8 Å². The molecular formula is C29H32FN5O4. The van der Waals surface area contributed by atoms with Crippen molar-refractivity contribution in [2.75, 3.05) is 49.8 Å². The fraction of sp³-hybridized carbons (Fsp3) is 0.414. The highest BCUT2D eigenvalue weighted by molar-refractivity contribution is 6.03. The van der Waals surface area contributed by atoms with Crippen LogP contribution in [0.25, 0.3) is 0 Å². The summed E-state index contributed by atoms with van der Waals surface area (Å²) in [6, 6.07) is 14.3. The maximum Gasteiger partial charge on any atom is 0.275 e. The van der Waals surface area contributed by atoms with Crippen molar-refractivity contribution in [1.29, 1.82) is 0 Å². The number of nitrogens with zero attached hydrogens (tertiary/aromatic N) is 4. The van der Waals surface area contributed by atoms with Gasteiger partial charge in [0, 0.05) is 39.0 Å². The summed E-state index contributed by atoms with van der Waals surface area (Å²) in [5.74, 6) is -1.30. The van der Waals surface area contributed by atoms with Gasteiger partial charge in [0.2, 0.25) is 0 Å². The molecule has 1 unspecified atom stereocenters. The zero-order chi connectivity index (χ0) is 27.0. The maximum absolute atomic E-state index is 14.6. The Labute approximate surface area is 226 Å². The van der Waals surface area contributed by atoms with Gasteiger partial charge in [0.1, 0.15) is 18.4 Å². The lowest BCUT2D eigenvalue weighted by atomic mass is 9.80. The highest BCUT2D eigenvalue weighted by Crippen LogP contribution is 2.43. The van der Waals surface area contributed by atoms with Crippen molar-refractivity contribution in [3.05, 3.63) is 71.8 Å². The first-order valence-corrected chi connectivity index (χ1v) is 13.4. The third kappa shape index (κ3) is 5.08. The first-order chi connectivity index (χ1) is 18.9. The average molecular weight is 534 g/mol. The van der Waals surface area contributed by atoms with Crippen molar-refractivity contribution in [3.63, 3.8) is 0 Å². The molecule has 3 aromatic rings. The summed E-state index contributed by atoms with van der Waals surface area (Å²) in [6.07, 6.45) is 4.45. The van der Waals surface area contributed by atoms with Crippen molar-refractivity contribution < 1.29 is 23.5 Å². The van der Waals surface area contributed by atoms with Crippen molar-refractivity contribution >= 4 is 23.2 Å². The van der Waals surface area contributed by atoms with Crippen molar-refractivity contribution in [3.8, 4) is 5.75 Å². The zero-order valence-electron chi connectivity index (χ0n) is 21.9. The normalized spacial score (nSPS) is 20.5. The van der Waals surface area contributed by atoms with Crippen LogP contribution < -0.4 is 19.9 Å². The summed E-state index contributed by atoms with van der Waals surface area (Å²) >= 11 is 0. The lowest BCUT2D eigenvalue weighted by Crippen LogP contribution is -2.49. The van der Waals surface area contributed by atoms with Gasteiger partial charge in [0.25, 0.3) is 11.8 Å². The van der Waals surface area contributed by atoms with Gasteiger partial charge in [-0.3, -0.25) is 14.3 Å². The van der Waals surface area contributed by atoms with Crippen molar-refractivity contribution in [2.24, 2.45) is 5.41 Å². The molecule has 0 bridgehead atoms. The molecule has 2 fully saturated rings. The second-order valence-electron chi connectivity index (χ2n) is 10.7. The number of amides is 2. The van der Waals surface area contributed by atoms with E-state index in [0.717, 1.165) is 56.8 Å². The molecule has 1 aromatic heterocycles. The highest BCUT2D eigenvalue weighted by Gasteiger charge is 2.40. The predicted molar refractivity (Wildman–Crippen MR) is 144 cm³/mol. The predicted octanol–water partition coefficient (Wildman–Crippen LogP) is 3.23. The van der Waals surface area contributed by atoms with E-state index in [4.69, 9.17) is 9.47 Å². The standard InChI is InChI=1S/C29H32FN5O4/c1-33-24-15-21(34-12-9-29(19-34)10-13-38-14-11-29)7-8-25(24)39-18-23(28(33)37)31-27(36)26-22(30)17-35(32-26)16-20-5-3-2-4-6-20/h2-8,15,17,23H,9-14,16,18-19H2,1H3,(H,31,36). The topological polar surface area (TPSA) is 88.9 Å². The van der Waals surface area contributed by atoms with E-state index in [1.165, 1.54) is 15.8 Å². The van der Waals surface area contributed by atoms with Gasteiger partial charge < -0.3 is 24.6 Å². The van der Waals surface area contributed by atoms with Crippen LogP contribution >= 0.6 is 0 Å². The Bertz CT molecular complexity index is 1370. The van der Waals surface area contributed by atoms with Crippen LogP contribution in [0.15, 0.2) is 54.7 Å². The smallest absolute Gasteiger partial charge is 0.275 e. The number of anilines is 2. The molecule has 10 heteroatoms. The van der Waals surface area contributed by atoms with Crippen LogP contribution in [0, 0.1) is 11.2 Å². The molecule has 3 aliphatic heterocycles. The quantitative estimate of drug-likeness (QED) is 0.542. The molecule has 9 nitrogen and oxygen atoms in total. The van der Waals surface area contributed by atoms with E-state index in [1.807, 2.05) is 48.5 Å². The molecule has 1 spiro atoms. The molecule has 2 amide bonds. The second kappa shape index (κ2) is 10.3. The molecule has 2 aromatic carbocycles. The van der Waals surface area contributed by atoms with Crippen LogP contribution in [0.4, 0.5) is 15.8 Å². The number of carbonyl (C=O) groups excluding carboxylic acids is 2. The summed E-state index contributed by atoms with van der Waals surface area (Å²) in [5, 5.41) is 6.74. The first-order valence-electron chi connectivity index (χ1n) is 13.4. The third-order valence-electron chi connectivity index (χ3n) is 8.12. The molecule has 204 valence electrons. The number of benzene rings is 2. The number of halogens is 1. The molecule has 1 atom stereocenters. The number of likely N-dealkylation sites (N-methyl/N-ethyl adjacent to an activating group) is 1. The van der Waals surface area contributed by atoms with Crippen molar-refractivity contribution in [1.82, 2.24) is 15.1 Å². The van der Waals surface area contributed by atoms with E-state index in [2.05, 4.69) is 15.3 Å². The fourth-order valence-corrected chi connectivity index (χ4v) is 5.78. The number of ether oxygens (including phenoxy) is 2. The number of carbonyl (C=O) groups is 2. The van der Waals surface area contributed by atoms with Gasteiger partial charge in [-0.25, -0.2) is 4.39 Å². The lowest BCUT2D eigenvalue weighted by molar-refractivity contribution is -0.120. The number of nitrogens with one attached hydrogen (secondary N) is 1. The minimum absolute atomic E-state index is 0.0690. The summed E-state index contributed by atoms with van der Waals surface area (Å²) in [7, 11) is 1.66. The molecule has 3 aliphatic rings. The van der Waals surface area contributed by atoms with Gasteiger partial charge in [0.05, 0.1) is 18.4 Å². The zero-order valence-corrected chi connectivity index (χ0v) is 21.9. The van der Waals surface area contributed by atoms with Crippen LogP contribution in [0.3, 0.4) is 0 Å². The molecule has 0 radical (unpaired) electrons. The number of hydrogen-bond acceptors (Lipinski definition) is 6. The maximum atomic E-state index is 14.6. The fourth-order valence-electron chi connectivity index (χ4n) is 5.78. The summed E-state index contributed by atoms with van der Waals surface area (Å²) in [5.41, 5.74) is 2.54. The lowest BCUT2D eigenvalue weighted by Gasteiger charge is -2.33. The summed E-state index contributed by atoms with van der Waals surface area (Å²) < 4.78 is 27.5. The highest BCUT2D eigenvalue weighted by atomic mass is 19.1. The largest absolute Gasteiger partial charge is 0.489 e. The van der Waals surface area contributed by atoms with Crippen LogP contribution in [0.5, 0.6) is 5.75 Å². The van der Waals surface area contributed by atoms with E-state index in [1.54, 1.807) is 7.05 Å². The minimum atomic E-state index is -0.991. The monoisotopic (exact) mass is 533 g/mol. The molecular weight excluding hydrogens is 501 g/mol. The molecule has 0 saturated carbocycles. The second-order valence-corrected chi connectivity index (χ2v) is 10.7. The van der Waals surface area contributed by atoms with Crippen LogP contribution in [-0.4, -0.2) is 67.6 Å². The number of fused-ring (bicyclic) bond motifs is 1. The van der Waals surface area contributed by atoms with E-state index >= 15 is 0 Å². The first kappa shape index (κ1) is 25.4. The van der Waals surface area contributed by atoms with E-state index in [-0.39, 0.29) is 18.2 Å². The Morgan fingerprint density at radius 1 is 1.15 bits per heavy atom. The number of rotatable bonds is 5. The Balaban J connectivity index is 1.14. The van der Waals surface area contributed by atoms with Gasteiger partial charge in [-0.05, 0) is 48.4 Å². The van der Waals surface area contributed by atoms with Gasteiger partial charge in [0.15, 0.2) is 11.5 Å². The van der Waals surface area contributed by atoms with Crippen LogP contribution in [0.1, 0.15) is 35.3 Å². The van der Waals surface area contributed by atoms with E-state index in [9.17, 15) is 14.0 Å². The Morgan fingerprint density at radius 3 is 2.74 bits per heavy atom. The molecule has 4 heterocycles. The number of hydrogen-bond donors (Lipinski definition) is 1. The summed E-state index contributed by atoms with van der Waals surface area (Å²) in [6.45, 7) is 3.80. The van der Waals surface area contributed by atoms with Gasteiger partial charge in [-0.2, -0.15) is 5.10 Å². The van der Waals surface area contributed by atoms with Gasteiger partial charge in [-0.1, -0.05) is 30.3 Å². The Hall–Kier alpha value is -3.92. The SMILES string of the molecule is CN1C(=O)C(NC(=O)c2nn(Cc3ccccc3)cc2F)COc2ccc(N3CCC4(CCOCC4)C3)cc21. The summed E-state index contributed by atoms with van der Waals surface area (Å²) in [4.78, 5) is 30.2. The Kier molecular flexibility index (Phi) is 6.72. The molecule has 6 rings (SSSR count). The average Bonchev–Trinajstić information content (AvgIpc) is 3.50. The van der Waals surface area contributed by atoms with Gasteiger partial charge >= 0.3 is 0 Å². The van der Waals surface area contributed by atoms with Crippen LogP contribution in [0.2, 0.25) is 0 Å². The number of aromatic nitrogens is 2. The Morgan fingerprint density at radius 2 is 1.95 bits per heavy atom. The molecule has 39 heavy (non-hydrogen) atoms. The van der Waals surface area contributed by atoms with Gasteiger partial charge in [-0.15, -0.1) is 0 Å². The molecule has 2 saturated heterocycles. The third-order valence-corrected chi connectivity index (χ3v) is 8.12. The van der Waals surface area contributed by atoms with E-state index in [0.29, 0.717) is 23.4 Å². The molecule has 1 N–H and O–H groups in total. The minimum Gasteiger partial charge on any atom is -0.489 e.